The summed E-state index contributed by atoms with van der Waals surface area (Å²) >= 11 is 0. The van der Waals surface area contributed by atoms with E-state index in [1.165, 1.54) is 0 Å². The van der Waals surface area contributed by atoms with E-state index in [0.29, 0.717) is 6.61 Å². The summed E-state index contributed by atoms with van der Waals surface area (Å²) in [6, 6.07) is 0.273. The lowest BCUT2D eigenvalue weighted by Gasteiger charge is -2.31. The van der Waals surface area contributed by atoms with Crippen molar-refractivity contribution in [3.05, 3.63) is 12.2 Å². The zero-order valence-corrected chi connectivity index (χ0v) is 13.3. The highest BCUT2D eigenvalue weighted by Gasteiger charge is 2.29. The maximum atomic E-state index is 12.1. The van der Waals surface area contributed by atoms with Gasteiger partial charge in [0.05, 0.1) is 6.10 Å². The highest BCUT2D eigenvalue weighted by atomic mass is 17.2. The topological polar surface area (TPSA) is 47.6 Å². The average Bonchev–Trinajstić information content (AvgIpc) is 2.40. The van der Waals surface area contributed by atoms with Gasteiger partial charge in [0.1, 0.15) is 6.61 Å². The predicted octanol–water partition coefficient (Wildman–Crippen LogP) is 3.37. The molecule has 0 spiro atoms. The Morgan fingerprint density at radius 2 is 1.90 bits per heavy atom. The lowest BCUT2D eigenvalue weighted by molar-refractivity contribution is -0.323. The Balaban J connectivity index is 2.25. The van der Waals surface area contributed by atoms with Crippen LogP contribution in [0.15, 0.2) is 12.2 Å². The normalized spacial score (nSPS) is 23.4. The van der Waals surface area contributed by atoms with Crippen molar-refractivity contribution in [1.82, 2.24) is 5.32 Å². The standard InChI is InChI=1S/C16H29NO3/c1-6-16(4,5)15(18)17-13-7-9-14(10-8-13)20-19-11-12(2)3/h13-14H,2,6-11H2,1,3-5H3,(H,17,18). The van der Waals surface area contributed by atoms with E-state index in [1.807, 2.05) is 27.7 Å². The van der Waals surface area contributed by atoms with E-state index in [9.17, 15) is 4.79 Å². The third-order valence-electron chi connectivity index (χ3n) is 4.02. The summed E-state index contributed by atoms with van der Waals surface area (Å²) in [5, 5.41) is 3.16. The number of hydrogen-bond donors (Lipinski definition) is 1. The Hall–Kier alpha value is -0.870. The van der Waals surface area contributed by atoms with Crippen LogP contribution in [0.3, 0.4) is 0 Å². The molecule has 20 heavy (non-hydrogen) atoms. The highest BCUT2D eigenvalue weighted by molar-refractivity contribution is 5.81. The molecule has 0 bridgehead atoms. The highest BCUT2D eigenvalue weighted by Crippen LogP contribution is 2.24. The SMILES string of the molecule is C=C(C)COOC1CCC(NC(=O)C(C)(C)CC)CC1. The van der Waals surface area contributed by atoms with E-state index in [1.54, 1.807) is 0 Å². The van der Waals surface area contributed by atoms with Crippen LogP contribution in [-0.4, -0.2) is 24.7 Å². The molecule has 0 aromatic carbocycles. The van der Waals surface area contributed by atoms with Gasteiger partial charge in [-0.2, -0.15) is 0 Å². The lowest BCUT2D eigenvalue weighted by Crippen LogP contribution is -2.44. The number of carbonyl (C=O) groups is 1. The van der Waals surface area contributed by atoms with Gasteiger partial charge in [-0.15, -0.1) is 0 Å². The first-order chi connectivity index (χ1) is 9.35. The summed E-state index contributed by atoms with van der Waals surface area (Å²) in [6.45, 7) is 12.1. The van der Waals surface area contributed by atoms with Crippen LogP contribution in [0, 0.1) is 5.41 Å². The Morgan fingerprint density at radius 3 is 2.40 bits per heavy atom. The molecule has 0 heterocycles. The number of carbonyl (C=O) groups excluding carboxylic acids is 1. The summed E-state index contributed by atoms with van der Waals surface area (Å²) in [4.78, 5) is 22.6. The first-order valence-corrected chi connectivity index (χ1v) is 7.58. The van der Waals surface area contributed by atoms with Gasteiger partial charge in [-0.1, -0.05) is 32.9 Å². The Labute approximate surface area is 122 Å². The summed E-state index contributed by atoms with van der Waals surface area (Å²) in [7, 11) is 0. The second-order valence-electron chi connectivity index (χ2n) is 6.50. The van der Waals surface area contributed by atoms with Crippen molar-refractivity contribution in [1.29, 1.82) is 0 Å². The third-order valence-corrected chi connectivity index (χ3v) is 4.02. The molecular weight excluding hydrogens is 254 g/mol. The Kier molecular flexibility index (Phi) is 6.69. The minimum Gasteiger partial charge on any atom is -0.353 e. The summed E-state index contributed by atoms with van der Waals surface area (Å²) in [5.74, 6) is 0.155. The monoisotopic (exact) mass is 283 g/mol. The first kappa shape index (κ1) is 17.2. The van der Waals surface area contributed by atoms with Gasteiger partial charge in [-0.05, 0) is 39.0 Å². The molecule has 0 aromatic heterocycles. The van der Waals surface area contributed by atoms with Crippen LogP contribution in [0.25, 0.3) is 0 Å². The molecule has 116 valence electrons. The van der Waals surface area contributed by atoms with Gasteiger partial charge < -0.3 is 5.32 Å². The zero-order valence-electron chi connectivity index (χ0n) is 13.3. The van der Waals surface area contributed by atoms with Crippen LogP contribution in [-0.2, 0) is 14.6 Å². The maximum absolute atomic E-state index is 12.1. The van der Waals surface area contributed by atoms with Gasteiger partial charge in [0.2, 0.25) is 5.91 Å². The second-order valence-corrected chi connectivity index (χ2v) is 6.50. The van der Waals surface area contributed by atoms with Crippen molar-refractivity contribution in [3.8, 4) is 0 Å². The molecule has 0 radical (unpaired) electrons. The largest absolute Gasteiger partial charge is 0.353 e. The molecule has 1 aliphatic rings. The minimum atomic E-state index is -0.280. The first-order valence-electron chi connectivity index (χ1n) is 7.58. The molecule has 0 unspecified atom stereocenters. The van der Waals surface area contributed by atoms with Gasteiger partial charge >= 0.3 is 0 Å². The quantitative estimate of drug-likeness (QED) is 0.443. The fraction of sp³-hybridized carbons (Fsp3) is 0.812. The second kappa shape index (κ2) is 7.79. The number of rotatable bonds is 7. The molecule has 0 aliphatic heterocycles. The molecule has 1 amide bonds. The van der Waals surface area contributed by atoms with Crippen LogP contribution in [0.2, 0.25) is 0 Å². The van der Waals surface area contributed by atoms with Crippen LogP contribution in [0.5, 0.6) is 0 Å². The summed E-state index contributed by atoms with van der Waals surface area (Å²) in [6.07, 6.45) is 4.74. The lowest BCUT2D eigenvalue weighted by atomic mass is 9.87. The maximum Gasteiger partial charge on any atom is 0.225 e. The fourth-order valence-corrected chi connectivity index (χ4v) is 2.08. The number of nitrogens with one attached hydrogen (secondary N) is 1. The molecule has 1 saturated carbocycles. The van der Waals surface area contributed by atoms with Crippen LogP contribution in [0.1, 0.15) is 59.8 Å². The van der Waals surface area contributed by atoms with Crippen molar-refractivity contribution in [2.45, 2.75) is 71.9 Å². The Morgan fingerprint density at radius 1 is 1.30 bits per heavy atom. The van der Waals surface area contributed by atoms with Crippen LogP contribution < -0.4 is 5.32 Å². The molecule has 0 atom stereocenters. The number of amides is 1. The molecule has 1 rings (SSSR count). The Bertz CT molecular complexity index is 331. The fourth-order valence-electron chi connectivity index (χ4n) is 2.08. The van der Waals surface area contributed by atoms with Crippen LogP contribution in [0.4, 0.5) is 0 Å². The van der Waals surface area contributed by atoms with E-state index in [4.69, 9.17) is 9.78 Å². The van der Waals surface area contributed by atoms with Crippen molar-refractivity contribution in [2.24, 2.45) is 5.41 Å². The van der Waals surface area contributed by atoms with E-state index < -0.39 is 0 Å². The van der Waals surface area contributed by atoms with Crippen molar-refractivity contribution < 1.29 is 14.6 Å². The molecule has 1 fully saturated rings. The van der Waals surface area contributed by atoms with Crippen molar-refractivity contribution in [3.63, 3.8) is 0 Å². The molecule has 0 saturated heterocycles. The smallest absolute Gasteiger partial charge is 0.225 e. The van der Waals surface area contributed by atoms with Crippen LogP contribution >= 0.6 is 0 Å². The minimum absolute atomic E-state index is 0.140. The summed E-state index contributed by atoms with van der Waals surface area (Å²) < 4.78 is 0. The van der Waals surface area contributed by atoms with E-state index >= 15 is 0 Å². The van der Waals surface area contributed by atoms with E-state index in [2.05, 4.69) is 11.9 Å². The van der Waals surface area contributed by atoms with Gasteiger partial charge in [-0.3, -0.25) is 4.79 Å². The van der Waals surface area contributed by atoms with E-state index in [-0.39, 0.29) is 23.5 Å². The molecule has 1 aliphatic carbocycles. The van der Waals surface area contributed by atoms with E-state index in [0.717, 1.165) is 37.7 Å². The van der Waals surface area contributed by atoms with Gasteiger partial charge in [0.25, 0.3) is 0 Å². The zero-order chi connectivity index (χ0) is 15.2. The van der Waals surface area contributed by atoms with Gasteiger partial charge in [0, 0.05) is 11.5 Å². The molecule has 4 heteroatoms. The predicted molar refractivity (Wildman–Crippen MR) is 80.1 cm³/mol. The van der Waals surface area contributed by atoms with Crippen molar-refractivity contribution in [2.75, 3.05) is 6.61 Å². The molecule has 0 aromatic rings. The average molecular weight is 283 g/mol. The molecular formula is C16H29NO3. The number of hydrogen-bond acceptors (Lipinski definition) is 3. The molecule has 4 nitrogen and oxygen atoms in total. The third kappa shape index (κ3) is 5.63. The van der Waals surface area contributed by atoms with Crippen molar-refractivity contribution >= 4 is 5.91 Å². The van der Waals surface area contributed by atoms with Gasteiger partial charge in [0.15, 0.2) is 0 Å². The molecule has 1 N–H and O–H groups in total. The summed E-state index contributed by atoms with van der Waals surface area (Å²) in [5.41, 5.74) is 0.672. The van der Waals surface area contributed by atoms with Gasteiger partial charge in [-0.25, -0.2) is 9.78 Å².